The van der Waals surface area contributed by atoms with Gasteiger partial charge < -0.3 is 35.2 Å². The van der Waals surface area contributed by atoms with E-state index < -0.39 is 45.9 Å². The van der Waals surface area contributed by atoms with E-state index in [1.54, 1.807) is 4.57 Å². The summed E-state index contributed by atoms with van der Waals surface area (Å²) in [5, 5.41) is 21.0. The van der Waals surface area contributed by atoms with Gasteiger partial charge in [-0.3, -0.25) is 4.52 Å². The Bertz CT molecular complexity index is 1030. The van der Waals surface area contributed by atoms with Crippen molar-refractivity contribution in [3.05, 3.63) is 12.7 Å². The smallest absolute Gasteiger partial charge is 0.390 e. The van der Waals surface area contributed by atoms with E-state index in [1.165, 1.54) is 12.7 Å². The average molecular weight is 437 g/mol. The number of nitrogens with two attached hydrogens (primary N) is 1. The summed E-state index contributed by atoms with van der Waals surface area (Å²) < 4.78 is 32.4. The third-order valence-corrected chi connectivity index (χ3v) is 7.40. The molecule has 2 aliphatic rings. The summed E-state index contributed by atoms with van der Waals surface area (Å²) in [6, 6.07) is -0.668. The molecule has 16 heteroatoms. The van der Waals surface area contributed by atoms with Crippen LogP contribution >= 0.6 is 15.6 Å². The number of phosphoric acid groups is 2. The van der Waals surface area contributed by atoms with Crippen LogP contribution in [-0.4, -0.2) is 63.2 Å². The van der Waals surface area contributed by atoms with E-state index in [1.807, 2.05) is 0 Å². The summed E-state index contributed by atoms with van der Waals surface area (Å²) >= 11 is 0. The van der Waals surface area contributed by atoms with Gasteiger partial charge in [-0.05, 0) is 12.3 Å². The molecule has 0 amide bonds. The number of hydrogen-bond donors (Lipinski definition) is 6. The Kier molecular flexibility index (Phi) is 4.43. The van der Waals surface area contributed by atoms with Crippen LogP contribution in [0.2, 0.25) is 0 Å². The Labute approximate surface area is 156 Å². The Morgan fingerprint density at radius 3 is 2.64 bits per heavy atom. The third-order valence-electron chi connectivity index (χ3n) is 5.27. The van der Waals surface area contributed by atoms with Crippen molar-refractivity contribution in [3.8, 4) is 0 Å². The van der Waals surface area contributed by atoms with E-state index in [-0.39, 0.29) is 11.7 Å². The molecule has 1 unspecified atom stereocenters. The van der Waals surface area contributed by atoms with Crippen LogP contribution in [0.15, 0.2) is 12.7 Å². The zero-order chi connectivity index (χ0) is 20.5. The van der Waals surface area contributed by atoms with Gasteiger partial charge in [0.25, 0.3) is 0 Å². The number of imidazole rings is 1. The zero-order valence-corrected chi connectivity index (χ0v) is 15.8. The van der Waals surface area contributed by atoms with E-state index in [4.69, 9.17) is 15.5 Å². The molecule has 2 fully saturated rings. The molecule has 0 saturated heterocycles. The molecule has 14 nitrogen and oxygen atoms in total. The van der Waals surface area contributed by atoms with Gasteiger partial charge in [0.15, 0.2) is 11.5 Å². The maximum atomic E-state index is 11.7. The Morgan fingerprint density at radius 1 is 1.25 bits per heavy atom. The van der Waals surface area contributed by atoms with Crippen molar-refractivity contribution < 1.29 is 42.9 Å². The lowest BCUT2D eigenvalue weighted by atomic mass is 10.0. The predicted molar refractivity (Wildman–Crippen MR) is 90.2 cm³/mol. The van der Waals surface area contributed by atoms with Gasteiger partial charge in [0.2, 0.25) is 0 Å². The number of rotatable bonds is 6. The van der Waals surface area contributed by atoms with Crippen LogP contribution < -0.4 is 5.73 Å². The van der Waals surface area contributed by atoms with Crippen molar-refractivity contribution in [3.63, 3.8) is 0 Å². The van der Waals surface area contributed by atoms with Gasteiger partial charge in [-0.25, -0.2) is 24.1 Å². The maximum Gasteiger partial charge on any atom is 0.481 e. The Hall–Kier alpha value is -1.47. The molecule has 0 spiro atoms. The highest BCUT2D eigenvalue weighted by molar-refractivity contribution is 7.60. The van der Waals surface area contributed by atoms with Crippen LogP contribution in [0.5, 0.6) is 0 Å². The molecule has 0 radical (unpaired) electrons. The van der Waals surface area contributed by atoms with Crippen LogP contribution in [0.25, 0.3) is 11.2 Å². The van der Waals surface area contributed by atoms with Crippen molar-refractivity contribution in [2.45, 2.75) is 24.7 Å². The molecule has 154 valence electrons. The van der Waals surface area contributed by atoms with Gasteiger partial charge in [0.05, 0.1) is 25.1 Å². The van der Waals surface area contributed by atoms with Gasteiger partial charge >= 0.3 is 15.6 Å². The SMILES string of the molecule is Nc1ncnc2c1ncn2[C@H]1[C@H](O)[C@H](O)[C@]2(COP(=O)(O)OP(=O)(O)O)C[C@H]12. The van der Waals surface area contributed by atoms with Crippen LogP contribution in [0.3, 0.4) is 0 Å². The number of fused-ring (bicyclic) bond motifs is 2. The van der Waals surface area contributed by atoms with E-state index >= 15 is 0 Å². The number of phosphoric ester groups is 1. The van der Waals surface area contributed by atoms with Crippen LogP contribution in [-0.2, 0) is 18.0 Å². The fourth-order valence-electron chi connectivity index (χ4n) is 3.97. The molecule has 0 bridgehead atoms. The summed E-state index contributed by atoms with van der Waals surface area (Å²) in [5.41, 5.74) is 5.34. The summed E-state index contributed by atoms with van der Waals surface area (Å²) in [6.45, 7) is -0.552. The van der Waals surface area contributed by atoms with E-state index in [0.29, 0.717) is 17.6 Å². The molecule has 6 atom stereocenters. The summed E-state index contributed by atoms with van der Waals surface area (Å²) in [6.07, 6.45) is 0.370. The monoisotopic (exact) mass is 437 g/mol. The lowest BCUT2D eigenvalue weighted by Gasteiger charge is -2.24. The molecule has 2 aliphatic carbocycles. The minimum Gasteiger partial charge on any atom is -0.390 e. The summed E-state index contributed by atoms with van der Waals surface area (Å²) in [7, 11) is -10.3. The Balaban J connectivity index is 1.57. The van der Waals surface area contributed by atoms with Gasteiger partial charge in [-0.2, -0.15) is 4.31 Å². The number of nitrogen functional groups attached to an aromatic ring is 1. The molecule has 7 N–H and O–H groups in total. The van der Waals surface area contributed by atoms with Crippen molar-refractivity contribution in [1.29, 1.82) is 0 Å². The second kappa shape index (κ2) is 6.26. The topological polar surface area (TPSA) is 223 Å². The molecule has 28 heavy (non-hydrogen) atoms. The van der Waals surface area contributed by atoms with Crippen LogP contribution in [0.1, 0.15) is 12.5 Å². The van der Waals surface area contributed by atoms with Crippen molar-refractivity contribution in [2.75, 3.05) is 12.3 Å². The second-order valence-electron chi connectivity index (χ2n) is 6.87. The predicted octanol–water partition coefficient (Wildman–Crippen LogP) is -1.08. The number of aliphatic hydroxyl groups is 2. The lowest BCUT2D eigenvalue weighted by Crippen LogP contribution is -2.35. The first-order valence-corrected chi connectivity index (χ1v) is 11.0. The first-order valence-electron chi connectivity index (χ1n) is 7.98. The van der Waals surface area contributed by atoms with Crippen molar-refractivity contribution in [2.24, 2.45) is 11.3 Å². The largest absolute Gasteiger partial charge is 0.481 e. The molecule has 0 aliphatic heterocycles. The standard InChI is InChI=1S/C12H17N5O9P2/c13-10-6-11(15-3-14-10)17(4-16-6)7-5-1-12(5,9(19)8(7)18)2-25-28(23,24)26-27(20,21)22/h3-5,7-9,18-19H,1-2H2,(H,23,24)(H2,13,14,15)(H2,20,21,22)/t5-,7-,8+,9+,12+/m1/s1. The molecule has 2 saturated carbocycles. The quantitative estimate of drug-likeness (QED) is 0.296. The molecule has 4 rings (SSSR count). The fraction of sp³-hybridized carbons (Fsp3) is 0.583. The summed E-state index contributed by atoms with van der Waals surface area (Å²) in [4.78, 5) is 38.8. The van der Waals surface area contributed by atoms with Crippen molar-refractivity contribution >= 4 is 32.6 Å². The van der Waals surface area contributed by atoms with Crippen LogP contribution in [0.4, 0.5) is 5.82 Å². The molecular weight excluding hydrogens is 420 g/mol. The lowest BCUT2D eigenvalue weighted by molar-refractivity contribution is -0.0297. The van der Waals surface area contributed by atoms with Crippen LogP contribution in [0, 0.1) is 11.3 Å². The molecule has 2 heterocycles. The zero-order valence-electron chi connectivity index (χ0n) is 14.0. The average Bonchev–Trinajstić information content (AvgIpc) is 3.06. The number of aromatic nitrogens is 4. The van der Waals surface area contributed by atoms with E-state index in [0.717, 1.165) is 0 Å². The maximum absolute atomic E-state index is 11.7. The van der Waals surface area contributed by atoms with E-state index in [9.17, 15) is 24.2 Å². The van der Waals surface area contributed by atoms with Gasteiger partial charge in [-0.15, -0.1) is 0 Å². The number of anilines is 1. The van der Waals surface area contributed by atoms with Crippen molar-refractivity contribution in [1.82, 2.24) is 19.5 Å². The molecule has 0 aromatic carbocycles. The van der Waals surface area contributed by atoms with Gasteiger partial charge in [0, 0.05) is 5.41 Å². The van der Waals surface area contributed by atoms with Gasteiger partial charge in [0.1, 0.15) is 17.9 Å². The first-order chi connectivity index (χ1) is 13.0. The Morgan fingerprint density at radius 2 is 1.96 bits per heavy atom. The number of nitrogens with zero attached hydrogens (tertiary/aromatic N) is 4. The molecular formula is C12H17N5O9P2. The minimum absolute atomic E-state index is 0.151. The highest BCUT2D eigenvalue weighted by Gasteiger charge is 2.72. The third kappa shape index (κ3) is 3.16. The fourth-order valence-corrected chi connectivity index (χ4v) is 5.64. The highest BCUT2D eigenvalue weighted by atomic mass is 31.3. The highest BCUT2D eigenvalue weighted by Crippen LogP contribution is 2.69. The number of aliphatic hydroxyl groups excluding tert-OH is 2. The summed E-state index contributed by atoms with van der Waals surface area (Å²) in [5.74, 6) is -0.223. The second-order valence-corrected chi connectivity index (χ2v) is 9.70. The first kappa shape index (κ1) is 19.8. The van der Waals surface area contributed by atoms with Gasteiger partial charge in [-0.1, -0.05) is 0 Å². The number of hydrogen-bond acceptors (Lipinski definition) is 10. The minimum atomic E-state index is -5.26. The van der Waals surface area contributed by atoms with E-state index in [2.05, 4.69) is 23.8 Å². The molecule has 2 aromatic heterocycles. The molecule has 2 aromatic rings. The normalized spacial score (nSPS) is 34.3.